The van der Waals surface area contributed by atoms with Crippen molar-refractivity contribution in [2.75, 3.05) is 0 Å². The third-order valence-corrected chi connectivity index (χ3v) is 4.04. The van der Waals surface area contributed by atoms with E-state index < -0.39 is 10.7 Å². The second kappa shape index (κ2) is 6.00. The fourth-order valence-corrected chi connectivity index (χ4v) is 2.59. The van der Waals surface area contributed by atoms with Crippen molar-refractivity contribution in [1.29, 1.82) is 0 Å². The highest BCUT2D eigenvalue weighted by Gasteiger charge is 2.25. The molecule has 0 heterocycles. The van der Waals surface area contributed by atoms with E-state index in [0.29, 0.717) is 0 Å². The van der Waals surface area contributed by atoms with Gasteiger partial charge in [-0.1, -0.05) is 0 Å². The number of nitro benzene ring substituents is 1. The maximum Gasteiger partial charge on any atom is 0.312 e. The Kier molecular flexibility index (Phi) is 4.56. The van der Waals surface area contributed by atoms with Gasteiger partial charge < -0.3 is 10.5 Å². The lowest BCUT2D eigenvalue weighted by molar-refractivity contribution is -0.386. The van der Waals surface area contributed by atoms with Crippen LogP contribution in [0.5, 0.6) is 5.75 Å². The van der Waals surface area contributed by atoms with Crippen molar-refractivity contribution in [1.82, 2.24) is 0 Å². The van der Waals surface area contributed by atoms with Crippen LogP contribution in [0.25, 0.3) is 0 Å². The van der Waals surface area contributed by atoms with Gasteiger partial charge in [-0.05, 0) is 48.3 Å². The number of rotatable bonds is 3. The maximum absolute atomic E-state index is 13.5. The third-order valence-electron chi connectivity index (χ3n) is 3.21. The molecule has 1 fully saturated rings. The van der Waals surface area contributed by atoms with Crippen molar-refractivity contribution < 1.29 is 14.1 Å². The number of hydrogen-bond acceptors (Lipinski definition) is 4. The van der Waals surface area contributed by atoms with Gasteiger partial charge in [0.25, 0.3) is 0 Å². The molecule has 1 saturated carbocycles. The second-order valence-corrected chi connectivity index (χ2v) is 5.81. The molecule has 7 heteroatoms. The Bertz CT molecular complexity index is 490. The summed E-state index contributed by atoms with van der Waals surface area (Å²) in [7, 11) is 0. The van der Waals surface area contributed by atoms with Crippen LogP contribution in [-0.2, 0) is 0 Å². The lowest BCUT2D eigenvalue weighted by Crippen LogP contribution is -2.31. The molecule has 19 heavy (non-hydrogen) atoms. The smallest absolute Gasteiger partial charge is 0.312 e. The summed E-state index contributed by atoms with van der Waals surface area (Å²) >= 11 is 1.72. The monoisotopic (exact) mass is 380 g/mol. The van der Waals surface area contributed by atoms with Crippen LogP contribution in [-0.4, -0.2) is 17.1 Å². The Morgan fingerprint density at radius 2 is 2.00 bits per heavy atom. The molecule has 0 unspecified atom stereocenters. The van der Waals surface area contributed by atoms with E-state index >= 15 is 0 Å². The van der Waals surface area contributed by atoms with Gasteiger partial charge in [0.05, 0.1) is 14.6 Å². The molecule has 2 rings (SSSR count). The molecular formula is C12H14FIN2O3. The van der Waals surface area contributed by atoms with Crippen LogP contribution < -0.4 is 10.5 Å². The molecule has 0 amide bonds. The van der Waals surface area contributed by atoms with Crippen molar-refractivity contribution in [3.63, 3.8) is 0 Å². The molecule has 104 valence electrons. The number of nitrogens with two attached hydrogens (primary N) is 1. The fourth-order valence-electron chi connectivity index (χ4n) is 2.14. The summed E-state index contributed by atoms with van der Waals surface area (Å²) in [6.45, 7) is 0. The quantitative estimate of drug-likeness (QED) is 0.497. The highest BCUT2D eigenvalue weighted by molar-refractivity contribution is 14.1. The minimum Gasteiger partial charge on any atom is -0.483 e. The van der Waals surface area contributed by atoms with Crippen molar-refractivity contribution in [2.45, 2.75) is 37.8 Å². The van der Waals surface area contributed by atoms with Crippen molar-refractivity contribution in [3.8, 4) is 5.75 Å². The van der Waals surface area contributed by atoms with E-state index in [-0.39, 0.29) is 27.2 Å². The molecule has 0 radical (unpaired) electrons. The van der Waals surface area contributed by atoms with E-state index in [1.165, 1.54) is 6.07 Å². The summed E-state index contributed by atoms with van der Waals surface area (Å²) in [6, 6.07) is 2.46. The first-order valence-corrected chi connectivity index (χ1v) is 7.11. The Balaban J connectivity index is 2.19. The molecule has 5 nitrogen and oxygen atoms in total. The molecule has 0 bridgehead atoms. The van der Waals surface area contributed by atoms with Gasteiger partial charge in [0, 0.05) is 18.2 Å². The molecule has 2 N–H and O–H groups in total. The standard InChI is InChI=1S/C12H14FIN2O3/c13-9-5-12(11(16(17)18)6-10(9)14)19-8-3-1-7(15)2-4-8/h5-8H,1-4,15H2. The predicted molar refractivity (Wildman–Crippen MR) is 76.6 cm³/mol. The third kappa shape index (κ3) is 3.53. The Morgan fingerprint density at radius 1 is 1.37 bits per heavy atom. The van der Waals surface area contributed by atoms with Gasteiger partial charge in [-0.2, -0.15) is 0 Å². The minimum absolute atomic E-state index is 0.00314. The molecule has 0 atom stereocenters. The zero-order valence-electron chi connectivity index (χ0n) is 10.1. The zero-order valence-corrected chi connectivity index (χ0v) is 12.3. The van der Waals surface area contributed by atoms with E-state index in [2.05, 4.69) is 0 Å². The molecule has 1 aromatic carbocycles. The summed E-state index contributed by atoms with van der Waals surface area (Å²) in [5.74, 6) is -0.503. The molecule has 0 saturated heterocycles. The van der Waals surface area contributed by atoms with E-state index in [0.717, 1.165) is 31.7 Å². The Morgan fingerprint density at radius 3 is 2.58 bits per heavy atom. The van der Waals surface area contributed by atoms with Gasteiger partial charge in [0.2, 0.25) is 0 Å². The number of halogens is 2. The summed E-state index contributed by atoms with van der Waals surface area (Å²) in [5.41, 5.74) is 5.59. The summed E-state index contributed by atoms with van der Waals surface area (Å²) in [6.07, 6.45) is 3.01. The highest BCUT2D eigenvalue weighted by atomic mass is 127. The summed E-state index contributed by atoms with van der Waals surface area (Å²) in [5, 5.41) is 11.0. The van der Waals surface area contributed by atoms with E-state index in [4.69, 9.17) is 10.5 Å². The number of ether oxygens (including phenoxy) is 1. The average Bonchev–Trinajstić information content (AvgIpc) is 2.36. The Labute approximate surface area is 123 Å². The van der Waals surface area contributed by atoms with Gasteiger partial charge in [-0.3, -0.25) is 10.1 Å². The lowest BCUT2D eigenvalue weighted by atomic mass is 9.94. The summed E-state index contributed by atoms with van der Waals surface area (Å²) < 4.78 is 19.3. The second-order valence-electron chi connectivity index (χ2n) is 4.65. The molecule has 1 aromatic rings. The van der Waals surface area contributed by atoms with Crippen molar-refractivity contribution in [2.24, 2.45) is 5.73 Å². The molecule has 1 aliphatic carbocycles. The van der Waals surface area contributed by atoms with E-state index in [1.54, 1.807) is 22.6 Å². The Hall–Kier alpha value is -0.960. The predicted octanol–water partition coefficient (Wildman–Crippen LogP) is 2.99. The van der Waals surface area contributed by atoms with E-state index in [1.807, 2.05) is 0 Å². The first kappa shape index (κ1) is 14.4. The fraction of sp³-hybridized carbons (Fsp3) is 0.500. The average molecular weight is 380 g/mol. The van der Waals surface area contributed by atoms with Crippen LogP contribution in [0.15, 0.2) is 12.1 Å². The lowest BCUT2D eigenvalue weighted by Gasteiger charge is -2.26. The van der Waals surface area contributed by atoms with Crippen LogP contribution in [0, 0.1) is 19.5 Å². The van der Waals surface area contributed by atoms with Gasteiger partial charge >= 0.3 is 5.69 Å². The topological polar surface area (TPSA) is 78.4 Å². The number of benzene rings is 1. The maximum atomic E-state index is 13.5. The van der Waals surface area contributed by atoms with Gasteiger partial charge in [0.15, 0.2) is 5.75 Å². The largest absolute Gasteiger partial charge is 0.483 e. The first-order valence-electron chi connectivity index (χ1n) is 6.03. The molecule has 0 aromatic heterocycles. The number of nitrogens with zero attached hydrogens (tertiary/aromatic N) is 1. The van der Waals surface area contributed by atoms with Gasteiger partial charge in [0.1, 0.15) is 5.82 Å². The molecule has 1 aliphatic rings. The van der Waals surface area contributed by atoms with Crippen LogP contribution in [0.2, 0.25) is 0 Å². The normalized spacial score (nSPS) is 23.1. The van der Waals surface area contributed by atoms with Gasteiger partial charge in [-0.25, -0.2) is 4.39 Å². The van der Waals surface area contributed by atoms with Crippen LogP contribution >= 0.6 is 22.6 Å². The SMILES string of the molecule is NC1CCC(Oc2cc(F)c(I)cc2[N+](=O)[O-])CC1. The van der Waals surface area contributed by atoms with Crippen LogP contribution in [0.1, 0.15) is 25.7 Å². The van der Waals surface area contributed by atoms with Crippen LogP contribution in [0.4, 0.5) is 10.1 Å². The first-order chi connectivity index (χ1) is 8.97. The number of nitro groups is 1. The number of hydrogen-bond donors (Lipinski definition) is 1. The summed E-state index contributed by atoms with van der Waals surface area (Å²) in [4.78, 5) is 10.4. The molecular weight excluding hydrogens is 366 g/mol. The molecule has 0 spiro atoms. The van der Waals surface area contributed by atoms with Crippen LogP contribution in [0.3, 0.4) is 0 Å². The molecule has 0 aliphatic heterocycles. The zero-order chi connectivity index (χ0) is 14.0. The van der Waals surface area contributed by atoms with Gasteiger partial charge in [-0.15, -0.1) is 0 Å². The van der Waals surface area contributed by atoms with E-state index in [9.17, 15) is 14.5 Å². The highest BCUT2D eigenvalue weighted by Crippen LogP contribution is 2.33. The minimum atomic E-state index is -0.550. The van der Waals surface area contributed by atoms with Crippen molar-refractivity contribution in [3.05, 3.63) is 31.6 Å². The van der Waals surface area contributed by atoms with Crippen molar-refractivity contribution >= 4 is 28.3 Å².